The van der Waals surface area contributed by atoms with Gasteiger partial charge in [-0.3, -0.25) is 14.5 Å². The zero-order chi connectivity index (χ0) is 19.0. The van der Waals surface area contributed by atoms with Crippen LogP contribution in [-0.2, 0) is 11.3 Å². The lowest BCUT2D eigenvalue weighted by atomic mass is 10.2. The Bertz CT molecular complexity index is 938. The number of amides is 2. The number of thioether (sulfide) groups is 1. The molecule has 1 aliphatic heterocycles. The molecule has 3 rings (SSSR count). The Labute approximate surface area is 173 Å². The van der Waals surface area contributed by atoms with Crippen LogP contribution in [0.15, 0.2) is 35.2 Å². The van der Waals surface area contributed by atoms with E-state index in [1.54, 1.807) is 18.2 Å². The predicted molar refractivity (Wildman–Crippen MR) is 106 cm³/mol. The van der Waals surface area contributed by atoms with Crippen molar-refractivity contribution in [2.75, 3.05) is 0 Å². The number of hydrogen-bond acceptors (Lipinski definition) is 4. The number of imide groups is 1. The van der Waals surface area contributed by atoms with Gasteiger partial charge in [-0.15, -0.1) is 0 Å². The first kappa shape index (κ1) is 19.4. The zero-order valence-electron chi connectivity index (χ0n) is 12.8. The van der Waals surface area contributed by atoms with Crippen LogP contribution in [0.25, 0.3) is 6.08 Å². The maximum atomic E-state index is 12.6. The maximum Gasteiger partial charge on any atom is 0.293 e. The molecule has 0 unspecified atom stereocenters. The summed E-state index contributed by atoms with van der Waals surface area (Å²) < 4.78 is 0. The number of halogens is 4. The van der Waals surface area contributed by atoms with Crippen molar-refractivity contribution in [2.24, 2.45) is 0 Å². The number of carbonyl (C=O) groups excluding carboxylic acids is 2. The Morgan fingerprint density at radius 3 is 2.23 bits per heavy atom. The van der Waals surface area contributed by atoms with Gasteiger partial charge in [0, 0.05) is 0 Å². The molecule has 1 fully saturated rings. The number of rotatable bonds is 3. The van der Waals surface area contributed by atoms with Gasteiger partial charge >= 0.3 is 0 Å². The summed E-state index contributed by atoms with van der Waals surface area (Å²) in [7, 11) is 0. The third-order valence-electron chi connectivity index (χ3n) is 3.54. The molecule has 26 heavy (non-hydrogen) atoms. The number of phenols is 1. The fourth-order valence-electron chi connectivity index (χ4n) is 2.28. The third-order valence-corrected chi connectivity index (χ3v) is 5.76. The number of aromatic hydroxyl groups is 1. The van der Waals surface area contributed by atoms with Crippen molar-refractivity contribution in [3.05, 3.63) is 66.5 Å². The van der Waals surface area contributed by atoms with Gasteiger partial charge in [0.15, 0.2) is 5.75 Å². The van der Waals surface area contributed by atoms with Gasteiger partial charge in [0.1, 0.15) is 0 Å². The van der Waals surface area contributed by atoms with Crippen LogP contribution in [0.2, 0.25) is 20.1 Å². The molecule has 0 bridgehead atoms. The first-order valence-corrected chi connectivity index (χ1v) is 9.46. The predicted octanol–water partition coefficient (Wildman–Crippen LogP) is 6.24. The summed E-state index contributed by atoms with van der Waals surface area (Å²) >= 11 is 24.4. The second-order valence-corrected chi connectivity index (χ2v) is 7.97. The minimum atomic E-state index is -0.439. The van der Waals surface area contributed by atoms with E-state index in [0.717, 1.165) is 16.7 Å². The summed E-state index contributed by atoms with van der Waals surface area (Å²) in [5.74, 6) is -0.676. The topological polar surface area (TPSA) is 57.6 Å². The van der Waals surface area contributed by atoms with Crippen molar-refractivity contribution in [3.8, 4) is 5.75 Å². The smallest absolute Gasteiger partial charge is 0.293 e. The summed E-state index contributed by atoms with van der Waals surface area (Å²) in [4.78, 5) is 26.1. The van der Waals surface area contributed by atoms with Crippen LogP contribution < -0.4 is 0 Å². The van der Waals surface area contributed by atoms with Crippen molar-refractivity contribution < 1.29 is 14.7 Å². The average molecular weight is 449 g/mol. The molecule has 2 aromatic carbocycles. The molecule has 0 radical (unpaired) electrons. The summed E-state index contributed by atoms with van der Waals surface area (Å²) in [5, 5.41) is 10.0. The number of nitrogens with zero attached hydrogens (tertiary/aromatic N) is 1. The second kappa shape index (κ2) is 7.71. The highest BCUT2D eigenvalue weighted by molar-refractivity contribution is 8.18. The normalized spacial score (nSPS) is 16.0. The molecule has 4 nitrogen and oxygen atoms in total. The van der Waals surface area contributed by atoms with E-state index in [9.17, 15) is 14.7 Å². The van der Waals surface area contributed by atoms with Crippen molar-refractivity contribution in [1.82, 2.24) is 4.90 Å². The van der Waals surface area contributed by atoms with Crippen LogP contribution >= 0.6 is 58.2 Å². The van der Waals surface area contributed by atoms with Gasteiger partial charge in [0.2, 0.25) is 0 Å². The van der Waals surface area contributed by atoms with Gasteiger partial charge < -0.3 is 5.11 Å². The molecule has 2 amide bonds. The van der Waals surface area contributed by atoms with Crippen molar-refractivity contribution >= 4 is 75.4 Å². The Hall–Kier alpha value is -1.37. The lowest BCUT2D eigenvalue weighted by molar-refractivity contribution is -0.123. The minimum absolute atomic E-state index is 0.0544. The Kier molecular flexibility index (Phi) is 5.75. The van der Waals surface area contributed by atoms with Crippen molar-refractivity contribution in [2.45, 2.75) is 6.54 Å². The first-order chi connectivity index (χ1) is 12.3. The third kappa shape index (κ3) is 3.97. The van der Waals surface area contributed by atoms with Gasteiger partial charge in [-0.05, 0) is 53.2 Å². The highest BCUT2D eigenvalue weighted by Gasteiger charge is 2.35. The van der Waals surface area contributed by atoms with E-state index >= 15 is 0 Å². The van der Waals surface area contributed by atoms with Gasteiger partial charge in [-0.2, -0.15) is 0 Å². The molecule has 9 heteroatoms. The Balaban J connectivity index is 1.85. The van der Waals surface area contributed by atoms with Gasteiger partial charge in [-0.1, -0.05) is 52.5 Å². The van der Waals surface area contributed by atoms with Crippen LogP contribution in [-0.4, -0.2) is 21.2 Å². The largest absolute Gasteiger partial charge is 0.505 e. The quantitative estimate of drug-likeness (QED) is 0.564. The molecule has 0 atom stereocenters. The molecule has 0 saturated carbocycles. The monoisotopic (exact) mass is 447 g/mol. The van der Waals surface area contributed by atoms with E-state index in [4.69, 9.17) is 46.4 Å². The van der Waals surface area contributed by atoms with E-state index in [1.807, 2.05) is 0 Å². The highest BCUT2D eigenvalue weighted by atomic mass is 35.5. The molecule has 0 spiro atoms. The molecule has 1 aliphatic rings. The summed E-state index contributed by atoms with van der Waals surface area (Å²) in [5.41, 5.74) is 1.18. The fourth-order valence-corrected chi connectivity index (χ4v) is 3.94. The van der Waals surface area contributed by atoms with E-state index in [0.29, 0.717) is 21.2 Å². The van der Waals surface area contributed by atoms with Crippen LogP contribution in [0.5, 0.6) is 5.75 Å². The molecule has 0 aromatic heterocycles. The molecular weight excluding hydrogens is 440 g/mol. The molecule has 2 aromatic rings. The second-order valence-electron chi connectivity index (χ2n) is 5.35. The number of phenolic OH excluding ortho intramolecular Hbond substituents is 1. The summed E-state index contributed by atoms with van der Waals surface area (Å²) in [6.07, 6.45) is 1.50. The minimum Gasteiger partial charge on any atom is -0.505 e. The highest BCUT2D eigenvalue weighted by Crippen LogP contribution is 2.37. The summed E-state index contributed by atoms with van der Waals surface area (Å²) in [6.45, 7) is 0.0794. The number of hydrogen-bond donors (Lipinski definition) is 1. The lowest BCUT2D eigenvalue weighted by Gasteiger charge is -2.13. The first-order valence-electron chi connectivity index (χ1n) is 7.13. The molecule has 134 valence electrons. The fraction of sp³-hybridized carbons (Fsp3) is 0.0588. The Morgan fingerprint density at radius 2 is 1.62 bits per heavy atom. The standard InChI is InChI=1S/C17H9Cl4NO3S/c18-10-2-1-8(3-11(10)19)7-22-16(24)14(26-17(22)25)6-9-4-12(20)15(23)13(21)5-9/h1-6,23H,7H2/b14-6-. The average Bonchev–Trinajstić information content (AvgIpc) is 2.83. The van der Waals surface area contributed by atoms with E-state index in [-0.39, 0.29) is 27.2 Å². The molecule has 1 saturated heterocycles. The van der Waals surface area contributed by atoms with Gasteiger partial charge in [-0.25, -0.2) is 0 Å². The molecule has 1 N–H and O–H groups in total. The van der Waals surface area contributed by atoms with Crippen molar-refractivity contribution in [3.63, 3.8) is 0 Å². The van der Waals surface area contributed by atoms with Crippen LogP contribution in [0.1, 0.15) is 11.1 Å². The van der Waals surface area contributed by atoms with E-state index < -0.39 is 11.1 Å². The van der Waals surface area contributed by atoms with E-state index in [2.05, 4.69) is 0 Å². The molecule has 1 heterocycles. The van der Waals surface area contributed by atoms with Crippen LogP contribution in [0.3, 0.4) is 0 Å². The number of carbonyl (C=O) groups is 2. The zero-order valence-corrected chi connectivity index (χ0v) is 16.6. The van der Waals surface area contributed by atoms with Crippen LogP contribution in [0.4, 0.5) is 4.79 Å². The Morgan fingerprint density at radius 1 is 0.962 bits per heavy atom. The molecular formula is C17H9Cl4NO3S. The van der Waals surface area contributed by atoms with Crippen molar-refractivity contribution in [1.29, 1.82) is 0 Å². The molecule has 0 aliphatic carbocycles. The maximum absolute atomic E-state index is 12.6. The lowest BCUT2D eigenvalue weighted by Crippen LogP contribution is -2.27. The summed E-state index contributed by atoms with van der Waals surface area (Å²) in [6, 6.07) is 7.82. The number of benzene rings is 2. The van der Waals surface area contributed by atoms with Crippen LogP contribution in [0, 0.1) is 0 Å². The van der Waals surface area contributed by atoms with Gasteiger partial charge in [0.25, 0.3) is 11.1 Å². The SMILES string of the molecule is O=C1S/C(=C\c2cc(Cl)c(O)c(Cl)c2)C(=O)N1Cc1ccc(Cl)c(Cl)c1. The van der Waals surface area contributed by atoms with E-state index in [1.165, 1.54) is 18.2 Å². The van der Waals surface area contributed by atoms with Gasteiger partial charge in [0.05, 0.1) is 31.5 Å².